The topological polar surface area (TPSA) is 86.0 Å². The third-order valence-electron chi connectivity index (χ3n) is 5.60. The minimum Gasteiger partial charge on any atom is -0.444 e. The van der Waals surface area contributed by atoms with Gasteiger partial charge in [0.25, 0.3) is 0 Å². The highest BCUT2D eigenvalue weighted by Crippen LogP contribution is 2.20. The lowest BCUT2D eigenvalue weighted by Gasteiger charge is -2.26. The second kappa shape index (κ2) is 11.7. The number of guanidine groups is 1. The maximum atomic E-state index is 12.3. The van der Waals surface area contributed by atoms with Crippen LogP contribution in [-0.2, 0) is 11.3 Å². The Bertz CT molecular complexity index is 890. The van der Waals surface area contributed by atoms with Crippen LogP contribution in [0.4, 0.5) is 0 Å². The van der Waals surface area contributed by atoms with Crippen molar-refractivity contribution in [2.24, 2.45) is 4.99 Å². The largest absolute Gasteiger partial charge is 0.444 e. The maximum absolute atomic E-state index is 12.3. The van der Waals surface area contributed by atoms with Crippen molar-refractivity contribution in [2.75, 3.05) is 40.3 Å². The Morgan fingerprint density at radius 2 is 2.06 bits per heavy atom. The van der Waals surface area contributed by atoms with E-state index < -0.39 is 0 Å². The van der Waals surface area contributed by atoms with Crippen molar-refractivity contribution < 1.29 is 9.21 Å². The Balaban J connectivity index is 1.48. The molecule has 1 aromatic heterocycles. The van der Waals surface area contributed by atoms with Crippen LogP contribution < -0.4 is 10.6 Å². The van der Waals surface area contributed by atoms with Crippen LogP contribution in [0.2, 0.25) is 0 Å². The van der Waals surface area contributed by atoms with Gasteiger partial charge in [0.2, 0.25) is 11.8 Å². The normalized spacial score (nSPS) is 16.9. The Kier molecular flexibility index (Phi) is 8.67. The standard InChI is InChI=1S/C24H36N6O2/c1-5-25-24(26-13-7-15-30-14-6-8-21(30)23(31)29(3)4)27-16-20-17-32-22(28-20)19-11-9-18(2)10-12-19/h9-12,17,21H,5-8,13-16H2,1-4H3,(H2,25,26,27). The fourth-order valence-electron chi connectivity index (χ4n) is 3.87. The van der Waals surface area contributed by atoms with E-state index in [-0.39, 0.29) is 11.9 Å². The summed E-state index contributed by atoms with van der Waals surface area (Å²) in [5, 5.41) is 6.66. The Morgan fingerprint density at radius 1 is 1.28 bits per heavy atom. The van der Waals surface area contributed by atoms with Crippen molar-refractivity contribution in [2.45, 2.75) is 45.7 Å². The van der Waals surface area contributed by atoms with E-state index in [4.69, 9.17) is 4.42 Å². The van der Waals surface area contributed by atoms with Crippen LogP contribution in [0.15, 0.2) is 39.9 Å². The number of rotatable bonds is 9. The molecule has 8 heteroatoms. The van der Waals surface area contributed by atoms with Crippen molar-refractivity contribution in [3.8, 4) is 11.5 Å². The third kappa shape index (κ3) is 6.56. The zero-order valence-corrected chi connectivity index (χ0v) is 19.7. The van der Waals surface area contributed by atoms with E-state index in [2.05, 4.69) is 32.4 Å². The second-order valence-electron chi connectivity index (χ2n) is 8.41. The van der Waals surface area contributed by atoms with Crippen molar-refractivity contribution >= 4 is 11.9 Å². The summed E-state index contributed by atoms with van der Waals surface area (Å²) >= 11 is 0. The summed E-state index contributed by atoms with van der Waals surface area (Å²) < 4.78 is 5.63. The van der Waals surface area contributed by atoms with Gasteiger partial charge in [-0.1, -0.05) is 17.7 Å². The van der Waals surface area contributed by atoms with Gasteiger partial charge in [0, 0.05) is 39.3 Å². The van der Waals surface area contributed by atoms with Crippen LogP contribution in [0.5, 0.6) is 0 Å². The van der Waals surface area contributed by atoms with Crippen molar-refractivity contribution in [3.05, 3.63) is 41.8 Å². The van der Waals surface area contributed by atoms with Crippen LogP contribution >= 0.6 is 0 Å². The molecule has 2 heterocycles. The molecule has 3 rings (SSSR count). The van der Waals surface area contributed by atoms with Gasteiger partial charge in [-0.15, -0.1) is 0 Å². The third-order valence-corrected chi connectivity index (χ3v) is 5.60. The van der Waals surface area contributed by atoms with Crippen molar-refractivity contribution in [3.63, 3.8) is 0 Å². The number of carbonyl (C=O) groups is 1. The van der Waals surface area contributed by atoms with Gasteiger partial charge in [-0.25, -0.2) is 9.98 Å². The zero-order chi connectivity index (χ0) is 22.9. The molecule has 1 saturated heterocycles. The van der Waals surface area contributed by atoms with Gasteiger partial charge in [0.1, 0.15) is 12.0 Å². The number of nitrogens with one attached hydrogen (secondary N) is 2. The predicted molar refractivity (Wildman–Crippen MR) is 127 cm³/mol. The van der Waals surface area contributed by atoms with Crippen LogP contribution in [0, 0.1) is 6.92 Å². The van der Waals surface area contributed by atoms with E-state index in [1.807, 2.05) is 45.3 Å². The highest BCUT2D eigenvalue weighted by molar-refractivity contribution is 5.81. The van der Waals surface area contributed by atoms with Gasteiger partial charge in [-0.05, 0) is 51.8 Å². The molecule has 1 fully saturated rings. The summed E-state index contributed by atoms with van der Waals surface area (Å²) in [6, 6.07) is 8.14. The summed E-state index contributed by atoms with van der Waals surface area (Å²) in [7, 11) is 3.66. The average Bonchev–Trinajstić information content (AvgIpc) is 3.44. The molecule has 2 N–H and O–H groups in total. The van der Waals surface area contributed by atoms with Gasteiger partial charge < -0.3 is 20.0 Å². The number of aryl methyl sites for hydroxylation is 1. The van der Waals surface area contributed by atoms with E-state index in [1.54, 1.807) is 11.2 Å². The maximum Gasteiger partial charge on any atom is 0.239 e. The van der Waals surface area contributed by atoms with E-state index >= 15 is 0 Å². The number of likely N-dealkylation sites (tertiary alicyclic amines) is 1. The Hall–Kier alpha value is -2.87. The lowest BCUT2D eigenvalue weighted by Crippen LogP contribution is -2.44. The van der Waals surface area contributed by atoms with E-state index in [1.165, 1.54) is 5.56 Å². The number of hydrogen-bond donors (Lipinski definition) is 2. The monoisotopic (exact) mass is 440 g/mol. The highest BCUT2D eigenvalue weighted by Gasteiger charge is 2.30. The van der Waals surface area contributed by atoms with Crippen LogP contribution in [-0.4, -0.2) is 73.0 Å². The lowest BCUT2D eigenvalue weighted by atomic mass is 10.1. The molecule has 1 amide bonds. The number of nitrogens with zero attached hydrogens (tertiary/aromatic N) is 4. The fourth-order valence-corrected chi connectivity index (χ4v) is 3.87. The molecular formula is C24H36N6O2. The molecule has 1 aliphatic heterocycles. The molecule has 174 valence electrons. The summed E-state index contributed by atoms with van der Waals surface area (Å²) in [4.78, 5) is 25.5. The molecule has 0 spiro atoms. The molecule has 32 heavy (non-hydrogen) atoms. The van der Waals surface area contributed by atoms with Gasteiger partial charge in [0.15, 0.2) is 5.96 Å². The van der Waals surface area contributed by atoms with Crippen molar-refractivity contribution in [1.29, 1.82) is 0 Å². The molecule has 2 aromatic rings. The zero-order valence-electron chi connectivity index (χ0n) is 19.7. The lowest BCUT2D eigenvalue weighted by molar-refractivity contribution is -0.133. The second-order valence-corrected chi connectivity index (χ2v) is 8.41. The summed E-state index contributed by atoms with van der Waals surface area (Å²) in [5.74, 6) is 1.58. The molecule has 0 aliphatic carbocycles. The minimum atomic E-state index is 0.0294. The number of hydrogen-bond acceptors (Lipinski definition) is 5. The van der Waals surface area contributed by atoms with E-state index in [0.717, 1.165) is 62.7 Å². The molecule has 0 bridgehead atoms. The molecule has 8 nitrogen and oxygen atoms in total. The number of likely N-dealkylation sites (N-methyl/N-ethyl adjacent to an activating group) is 1. The minimum absolute atomic E-state index is 0.0294. The Labute approximate surface area is 191 Å². The molecule has 0 radical (unpaired) electrons. The van der Waals surface area contributed by atoms with E-state index in [9.17, 15) is 4.79 Å². The van der Waals surface area contributed by atoms with Gasteiger partial charge in [-0.2, -0.15) is 0 Å². The number of benzene rings is 1. The number of carbonyl (C=O) groups excluding carboxylic acids is 1. The van der Waals surface area contributed by atoms with Gasteiger partial charge in [-0.3, -0.25) is 9.69 Å². The number of aromatic nitrogens is 1. The quantitative estimate of drug-likeness (QED) is 0.354. The summed E-state index contributed by atoms with van der Waals surface area (Å²) in [6.07, 6.45) is 4.65. The molecule has 1 aliphatic rings. The number of oxazole rings is 1. The van der Waals surface area contributed by atoms with E-state index in [0.29, 0.717) is 12.4 Å². The molecule has 1 atom stereocenters. The molecular weight excluding hydrogens is 404 g/mol. The molecule has 1 aromatic carbocycles. The van der Waals surface area contributed by atoms with Crippen molar-refractivity contribution in [1.82, 2.24) is 25.4 Å². The fraction of sp³-hybridized carbons (Fsp3) is 0.542. The highest BCUT2D eigenvalue weighted by atomic mass is 16.3. The van der Waals surface area contributed by atoms with Crippen LogP contribution in [0.3, 0.4) is 0 Å². The molecule has 1 unspecified atom stereocenters. The SMILES string of the molecule is CCNC(=NCc1coc(-c2ccc(C)cc2)n1)NCCCN1CCCC1C(=O)N(C)C. The predicted octanol–water partition coefficient (Wildman–Crippen LogP) is 2.65. The smallest absolute Gasteiger partial charge is 0.239 e. The summed E-state index contributed by atoms with van der Waals surface area (Å²) in [6.45, 7) is 8.01. The first-order chi connectivity index (χ1) is 15.5. The van der Waals surface area contributed by atoms with Crippen LogP contribution in [0.1, 0.15) is 37.4 Å². The Morgan fingerprint density at radius 3 is 2.78 bits per heavy atom. The average molecular weight is 441 g/mol. The van der Waals surface area contributed by atoms with Gasteiger partial charge in [0.05, 0.1) is 12.6 Å². The first-order valence-corrected chi connectivity index (χ1v) is 11.5. The summed E-state index contributed by atoms with van der Waals surface area (Å²) in [5.41, 5.74) is 2.96. The first kappa shape index (κ1) is 23.8. The number of aliphatic imine (C=N–C) groups is 1. The molecule has 0 saturated carbocycles. The van der Waals surface area contributed by atoms with Crippen LogP contribution in [0.25, 0.3) is 11.5 Å². The number of amides is 1. The first-order valence-electron chi connectivity index (χ1n) is 11.5. The van der Waals surface area contributed by atoms with Gasteiger partial charge >= 0.3 is 0 Å².